The molecule has 2 aromatic carbocycles. The second kappa shape index (κ2) is 6.63. The fourth-order valence-electron chi connectivity index (χ4n) is 2.55. The topological polar surface area (TPSA) is 43.6 Å². The van der Waals surface area contributed by atoms with E-state index in [-0.39, 0.29) is 0 Å². The third kappa shape index (κ3) is 3.00. The van der Waals surface area contributed by atoms with Gasteiger partial charge in [0, 0.05) is 22.4 Å². The van der Waals surface area contributed by atoms with Gasteiger partial charge in [0.05, 0.1) is 11.2 Å². The molecule has 4 nitrogen and oxygen atoms in total. The van der Waals surface area contributed by atoms with E-state index in [4.69, 9.17) is 11.6 Å². The minimum atomic E-state index is 0.690. The Balaban J connectivity index is 1.62. The molecule has 2 heterocycles. The lowest BCUT2D eigenvalue weighted by molar-refractivity contribution is 0.884. The fourth-order valence-corrected chi connectivity index (χ4v) is 3.65. The summed E-state index contributed by atoms with van der Waals surface area (Å²) in [6, 6.07) is 17.9. The molecule has 0 spiro atoms. The fraction of sp³-hybridized carbons (Fsp3) is 0.0556. The van der Waals surface area contributed by atoms with Gasteiger partial charge in [-0.1, -0.05) is 53.7 Å². The van der Waals surface area contributed by atoms with Crippen LogP contribution < -0.4 is 0 Å². The number of para-hydroxylation sites is 1. The van der Waals surface area contributed by atoms with E-state index < -0.39 is 0 Å². The minimum Gasteiger partial charge on any atom is -0.277 e. The Labute approximate surface area is 148 Å². The molecule has 0 bridgehead atoms. The van der Waals surface area contributed by atoms with Crippen LogP contribution in [0.4, 0.5) is 0 Å². The van der Waals surface area contributed by atoms with Gasteiger partial charge in [-0.25, -0.2) is 0 Å². The van der Waals surface area contributed by atoms with Crippen molar-refractivity contribution in [3.63, 3.8) is 0 Å². The van der Waals surface area contributed by atoms with Crippen LogP contribution >= 0.6 is 23.4 Å². The summed E-state index contributed by atoms with van der Waals surface area (Å²) >= 11 is 7.71. The summed E-state index contributed by atoms with van der Waals surface area (Å²) in [7, 11) is 0. The molecule has 0 saturated carbocycles. The summed E-state index contributed by atoms with van der Waals surface area (Å²) in [5.74, 6) is 0.771. The van der Waals surface area contributed by atoms with Gasteiger partial charge in [-0.05, 0) is 29.8 Å². The maximum atomic E-state index is 6.08. The lowest BCUT2D eigenvalue weighted by Gasteiger charge is -2.08. The zero-order valence-electron chi connectivity index (χ0n) is 12.6. The molecular formula is C18H13ClN4S. The number of hydrogen-bond donors (Lipinski definition) is 0. The summed E-state index contributed by atoms with van der Waals surface area (Å²) in [6.45, 7) is 0. The molecule has 0 aliphatic rings. The van der Waals surface area contributed by atoms with E-state index in [1.807, 2.05) is 41.1 Å². The molecule has 118 valence electrons. The monoisotopic (exact) mass is 352 g/mol. The number of nitrogens with zero attached hydrogens (tertiary/aromatic N) is 4. The van der Waals surface area contributed by atoms with Gasteiger partial charge in [-0.2, -0.15) is 0 Å². The minimum absolute atomic E-state index is 0.690. The molecule has 0 N–H and O–H groups in total. The third-order valence-electron chi connectivity index (χ3n) is 3.68. The summed E-state index contributed by atoms with van der Waals surface area (Å²) in [6.07, 6.45) is 3.53. The Morgan fingerprint density at radius 2 is 1.92 bits per heavy atom. The van der Waals surface area contributed by atoms with Crippen LogP contribution in [-0.2, 0) is 5.75 Å². The highest BCUT2D eigenvalue weighted by molar-refractivity contribution is 7.98. The number of aromatic nitrogens is 4. The van der Waals surface area contributed by atoms with Gasteiger partial charge in [0.1, 0.15) is 6.33 Å². The molecule has 2 aromatic heterocycles. The van der Waals surface area contributed by atoms with Crippen LogP contribution in [0.15, 0.2) is 72.3 Å². The van der Waals surface area contributed by atoms with Crippen molar-refractivity contribution >= 4 is 34.3 Å². The zero-order valence-corrected chi connectivity index (χ0v) is 14.2. The summed E-state index contributed by atoms with van der Waals surface area (Å²) in [4.78, 5) is 4.50. The van der Waals surface area contributed by atoms with Crippen LogP contribution in [0.5, 0.6) is 0 Å². The van der Waals surface area contributed by atoms with Gasteiger partial charge < -0.3 is 0 Å². The Bertz CT molecular complexity index is 994. The number of pyridine rings is 1. The van der Waals surface area contributed by atoms with Crippen LogP contribution in [0.25, 0.3) is 16.6 Å². The highest BCUT2D eigenvalue weighted by Crippen LogP contribution is 2.27. The predicted molar refractivity (Wildman–Crippen MR) is 97.7 cm³/mol. The number of benzene rings is 2. The smallest absolute Gasteiger partial charge is 0.195 e. The van der Waals surface area contributed by atoms with Gasteiger partial charge in [0.25, 0.3) is 0 Å². The average Bonchev–Trinajstić information content (AvgIpc) is 3.08. The quantitative estimate of drug-likeness (QED) is 0.496. The highest BCUT2D eigenvalue weighted by Gasteiger charge is 2.09. The van der Waals surface area contributed by atoms with Crippen LogP contribution in [0.2, 0.25) is 5.02 Å². The van der Waals surface area contributed by atoms with E-state index >= 15 is 0 Å². The van der Waals surface area contributed by atoms with E-state index in [2.05, 4.69) is 39.4 Å². The van der Waals surface area contributed by atoms with Gasteiger partial charge >= 0.3 is 0 Å². The van der Waals surface area contributed by atoms with Crippen molar-refractivity contribution < 1.29 is 0 Å². The SMILES string of the molecule is Clc1cccc(-n2cnnc2SCc2cccc3cccnc23)c1. The molecule has 0 radical (unpaired) electrons. The average molecular weight is 353 g/mol. The maximum absolute atomic E-state index is 6.08. The molecule has 4 aromatic rings. The van der Waals surface area contributed by atoms with Gasteiger partial charge in [0.15, 0.2) is 5.16 Å². The van der Waals surface area contributed by atoms with E-state index in [1.165, 1.54) is 5.56 Å². The van der Waals surface area contributed by atoms with E-state index in [0.29, 0.717) is 5.02 Å². The molecule has 0 fully saturated rings. The van der Waals surface area contributed by atoms with Crippen molar-refractivity contribution in [2.24, 2.45) is 0 Å². The van der Waals surface area contributed by atoms with Crippen LogP contribution in [-0.4, -0.2) is 19.7 Å². The predicted octanol–water partition coefficient (Wildman–Crippen LogP) is 4.76. The second-order valence-corrected chi connectivity index (χ2v) is 6.62. The van der Waals surface area contributed by atoms with Gasteiger partial charge in [-0.3, -0.25) is 9.55 Å². The molecule has 0 atom stereocenters. The largest absolute Gasteiger partial charge is 0.277 e. The lowest BCUT2D eigenvalue weighted by atomic mass is 10.1. The molecular weight excluding hydrogens is 340 g/mol. The highest BCUT2D eigenvalue weighted by atomic mass is 35.5. The summed E-state index contributed by atoms with van der Waals surface area (Å²) in [5, 5.41) is 10.9. The Morgan fingerprint density at radius 3 is 2.83 bits per heavy atom. The van der Waals surface area contributed by atoms with Crippen molar-refractivity contribution in [3.8, 4) is 5.69 Å². The Morgan fingerprint density at radius 1 is 1.04 bits per heavy atom. The summed E-state index contributed by atoms with van der Waals surface area (Å²) in [5.41, 5.74) is 3.16. The number of rotatable bonds is 4. The standard InChI is InChI=1S/C18H13ClN4S/c19-15-7-2-8-16(10-15)23-12-21-22-18(23)24-11-14-5-1-4-13-6-3-9-20-17(13)14/h1-10,12H,11H2. The van der Waals surface area contributed by atoms with Crippen molar-refractivity contribution in [1.82, 2.24) is 19.7 Å². The first-order valence-corrected chi connectivity index (χ1v) is 8.79. The molecule has 0 aliphatic heterocycles. The van der Waals surface area contributed by atoms with Crippen LogP contribution in [0.3, 0.4) is 0 Å². The molecule has 6 heteroatoms. The molecule has 0 amide bonds. The van der Waals surface area contributed by atoms with Gasteiger partial charge in [-0.15, -0.1) is 10.2 Å². The first-order valence-electron chi connectivity index (χ1n) is 7.43. The maximum Gasteiger partial charge on any atom is 0.195 e. The first kappa shape index (κ1) is 15.2. The van der Waals surface area contributed by atoms with Crippen molar-refractivity contribution in [2.45, 2.75) is 10.9 Å². The number of halogens is 1. The van der Waals surface area contributed by atoms with Crippen molar-refractivity contribution in [1.29, 1.82) is 0 Å². The van der Waals surface area contributed by atoms with E-state index in [1.54, 1.807) is 18.1 Å². The number of fused-ring (bicyclic) bond motifs is 1. The van der Waals surface area contributed by atoms with Crippen molar-refractivity contribution in [2.75, 3.05) is 0 Å². The van der Waals surface area contributed by atoms with Gasteiger partial charge in [0.2, 0.25) is 0 Å². The van der Waals surface area contributed by atoms with E-state index in [9.17, 15) is 0 Å². The molecule has 0 saturated heterocycles. The van der Waals surface area contributed by atoms with Crippen LogP contribution in [0.1, 0.15) is 5.56 Å². The van der Waals surface area contributed by atoms with Crippen LogP contribution in [0, 0.1) is 0 Å². The van der Waals surface area contributed by atoms with Crippen molar-refractivity contribution in [3.05, 3.63) is 77.7 Å². The second-order valence-electron chi connectivity index (χ2n) is 5.24. The molecule has 0 aliphatic carbocycles. The lowest BCUT2D eigenvalue weighted by Crippen LogP contribution is -1.95. The van der Waals surface area contributed by atoms with E-state index in [0.717, 1.165) is 27.5 Å². The first-order chi connectivity index (χ1) is 11.8. The molecule has 0 unspecified atom stereocenters. The molecule has 4 rings (SSSR count). The third-order valence-corrected chi connectivity index (χ3v) is 4.90. The number of hydrogen-bond acceptors (Lipinski definition) is 4. The number of thioether (sulfide) groups is 1. The molecule has 24 heavy (non-hydrogen) atoms. The Hall–Kier alpha value is -2.37. The normalized spacial score (nSPS) is 11.0. The summed E-state index contributed by atoms with van der Waals surface area (Å²) < 4.78 is 1.94. The zero-order chi connectivity index (χ0) is 16.4. The Kier molecular flexibility index (Phi) is 4.19.